The van der Waals surface area contributed by atoms with Crippen molar-refractivity contribution in [3.8, 4) is 18.2 Å². The molecule has 1 heterocycles. The summed E-state index contributed by atoms with van der Waals surface area (Å²) in [6.45, 7) is 7.53. The van der Waals surface area contributed by atoms with Crippen LogP contribution < -0.4 is 10.6 Å². The van der Waals surface area contributed by atoms with Crippen molar-refractivity contribution in [1.29, 1.82) is 15.8 Å². The second kappa shape index (κ2) is 10.3. The van der Waals surface area contributed by atoms with E-state index in [4.69, 9.17) is 20.5 Å². The highest BCUT2D eigenvalue weighted by atomic mass is 16.6. The van der Waals surface area contributed by atoms with Gasteiger partial charge in [-0.15, -0.1) is 0 Å². The fraction of sp³-hybridized carbons (Fsp3) is 0.455. The molecule has 0 aromatic heterocycles. The van der Waals surface area contributed by atoms with Crippen LogP contribution in [0, 0.1) is 34.0 Å². The highest BCUT2D eigenvalue weighted by Gasteiger charge is 2.27. The maximum atomic E-state index is 12.3. The zero-order chi connectivity index (χ0) is 22.1. The molecule has 1 atom stereocenters. The van der Waals surface area contributed by atoms with Crippen LogP contribution in [-0.4, -0.2) is 35.7 Å². The summed E-state index contributed by atoms with van der Waals surface area (Å²) in [6, 6.07) is 12.8. The minimum absolute atomic E-state index is 0.0738. The van der Waals surface area contributed by atoms with Crippen LogP contribution in [0.5, 0.6) is 0 Å². The smallest absolute Gasteiger partial charge is 0.410 e. The SMILES string of the molecule is CC(C)(C)OC(=O)N1CCCC(NCc2ccc(NC(C#N)=C(C#N)C#N)cc2)C1. The number of allylic oxidation sites excluding steroid dienone is 2. The molecule has 0 radical (unpaired) electrons. The Labute approximate surface area is 177 Å². The van der Waals surface area contributed by atoms with E-state index < -0.39 is 5.60 Å². The minimum atomic E-state index is -0.505. The van der Waals surface area contributed by atoms with Crippen LogP contribution in [0.1, 0.15) is 39.2 Å². The molecule has 8 heteroatoms. The Hall–Kier alpha value is -3.54. The van der Waals surface area contributed by atoms with Crippen molar-refractivity contribution in [2.75, 3.05) is 18.4 Å². The lowest BCUT2D eigenvalue weighted by atomic mass is 10.1. The van der Waals surface area contributed by atoms with E-state index in [2.05, 4.69) is 10.6 Å². The fourth-order valence-electron chi connectivity index (χ4n) is 3.03. The molecule has 30 heavy (non-hydrogen) atoms. The topological polar surface area (TPSA) is 125 Å². The van der Waals surface area contributed by atoms with Crippen LogP contribution in [0.15, 0.2) is 35.5 Å². The Morgan fingerprint density at radius 2 is 1.83 bits per heavy atom. The number of carbonyl (C=O) groups excluding carboxylic acids is 1. The molecule has 1 unspecified atom stereocenters. The number of hydrogen-bond donors (Lipinski definition) is 2. The van der Waals surface area contributed by atoms with Crippen molar-refractivity contribution in [3.05, 3.63) is 41.1 Å². The summed E-state index contributed by atoms with van der Waals surface area (Å²) in [4.78, 5) is 14.0. The van der Waals surface area contributed by atoms with E-state index in [0.717, 1.165) is 18.4 Å². The van der Waals surface area contributed by atoms with Crippen molar-refractivity contribution in [2.45, 2.75) is 51.8 Å². The van der Waals surface area contributed by atoms with E-state index in [1.807, 2.05) is 39.0 Å². The lowest BCUT2D eigenvalue weighted by Crippen LogP contribution is -2.49. The quantitative estimate of drug-likeness (QED) is 0.718. The Morgan fingerprint density at radius 1 is 1.17 bits per heavy atom. The minimum Gasteiger partial charge on any atom is -0.444 e. The number of rotatable bonds is 5. The van der Waals surface area contributed by atoms with Crippen LogP contribution in [0.25, 0.3) is 0 Å². The summed E-state index contributed by atoms with van der Waals surface area (Å²) >= 11 is 0. The Morgan fingerprint density at radius 3 is 2.40 bits per heavy atom. The lowest BCUT2D eigenvalue weighted by Gasteiger charge is -2.34. The molecule has 0 spiro atoms. The summed E-state index contributed by atoms with van der Waals surface area (Å²) in [6.07, 6.45) is 1.63. The first kappa shape index (κ1) is 22.7. The van der Waals surface area contributed by atoms with E-state index in [0.29, 0.717) is 25.3 Å². The van der Waals surface area contributed by atoms with Gasteiger partial charge in [0, 0.05) is 31.4 Å². The number of hydrogen-bond acceptors (Lipinski definition) is 7. The summed E-state index contributed by atoms with van der Waals surface area (Å²) in [5, 5.41) is 33.2. The predicted molar refractivity (Wildman–Crippen MR) is 112 cm³/mol. The van der Waals surface area contributed by atoms with Gasteiger partial charge in [-0.3, -0.25) is 0 Å². The van der Waals surface area contributed by atoms with Crippen LogP contribution >= 0.6 is 0 Å². The molecule has 0 bridgehead atoms. The van der Waals surface area contributed by atoms with Crippen molar-refractivity contribution < 1.29 is 9.53 Å². The summed E-state index contributed by atoms with van der Waals surface area (Å²) in [7, 11) is 0. The molecule has 0 saturated carbocycles. The number of nitriles is 3. The number of anilines is 1. The molecular weight excluding hydrogens is 380 g/mol. The number of likely N-dealkylation sites (tertiary alicyclic amines) is 1. The molecular formula is C22H26N6O2. The first-order valence-electron chi connectivity index (χ1n) is 9.77. The molecule has 156 valence electrons. The Kier molecular flexibility index (Phi) is 7.81. The average molecular weight is 406 g/mol. The summed E-state index contributed by atoms with van der Waals surface area (Å²) in [5.41, 5.74) is 0.824. The number of nitrogens with zero attached hydrogens (tertiary/aromatic N) is 4. The molecule has 8 nitrogen and oxygen atoms in total. The predicted octanol–water partition coefficient (Wildman–Crippen LogP) is 3.41. The molecule has 2 rings (SSSR count). The molecule has 1 aromatic rings. The van der Waals surface area contributed by atoms with Gasteiger partial charge in [-0.25, -0.2) is 4.79 Å². The third-order valence-electron chi connectivity index (χ3n) is 4.48. The standard InChI is InChI=1S/C22H26N6O2/c1-22(2,3)30-21(29)28-10-4-5-19(15-28)26-14-16-6-8-18(9-7-16)27-20(13-25)17(11-23)12-24/h6-9,19,26-27H,4-5,10,14-15H2,1-3H3. The fourth-order valence-corrected chi connectivity index (χ4v) is 3.03. The maximum absolute atomic E-state index is 12.3. The van der Waals surface area contributed by atoms with Gasteiger partial charge in [0.05, 0.1) is 0 Å². The highest BCUT2D eigenvalue weighted by Crippen LogP contribution is 2.17. The molecule has 1 aliphatic rings. The molecule has 1 fully saturated rings. The zero-order valence-corrected chi connectivity index (χ0v) is 17.5. The Balaban J connectivity index is 1.90. The van der Waals surface area contributed by atoms with Crippen LogP contribution in [0.4, 0.5) is 10.5 Å². The second-order valence-corrected chi connectivity index (χ2v) is 8.05. The first-order chi connectivity index (χ1) is 14.3. The van der Waals surface area contributed by atoms with Crippen molar-refractivity contribution in [3.63, 3.8) is 0 Å². The highest BCUT2D eigenvalue weighted by molar-refractivity contribution is 5.68. The number of amides is 1. The van der Waals surface area contributed by atoms with Gasteiger partial charge in [0.25, 0.3) is 0 Å². The van der Waals surface area contributed by atoms with Gasteiger partial charge in [0.2, 0.25) is 0 Å². The molecule has 0 aliphatic carbocycles. The van der Waals surface area contributed by atoms with Crippen molar-refractivity contribution in [2.24, 2.45) is 0 Å². The Bertz CT molecular complexity index is 893. The normalized spacial score (nSPS) is 15.9. The van der Waals surface area contributed by atoms with Gasteiger partial charge in [-0.1, -0.05) is 12.1 Å². The number of benzene rings is 1. The van der Waals surface area contributed by atoms with E-state index in [1.54, 1.807) is 29.2 Å². The van der Waals surface area contributed by atoms with Gasteiger partial charge < -0.3 is 20.3 Å². The summed E-state index contributed by atoms with van der Waals surface area (Å²) < 4.78 is 5.46. The largest absolute Gasteiger partial charge is 0.444 e. The summed E-state index contributed by atoms with van der Waals surface area (Å²) in [5.74, 6) is 0. The van der Waals surface area contributed by atoms with Crippen LogP contribution in [0.3, 0.4) is 0 Å². The lowest BCUT2D eigenvalue weighted by molar-refractivity contribution is 0.0187. The first-order valence-corrected chi connectivity index (χ1v) is 9.77. The number of nitrogens with one attached hydrogen (secondary N) is 2. The van der Waals surface area contributed by atoms with Gasteiger partial charge in [-0.05, 0) is 51.3 Å². The van der Waals surface area contributed by atoms with Crippen LogP contribution in [0.2, 0.25) is 0 Å². The van der Waals surface area contributed by atoms with E-state index in [-0.39, 0.29) is 23.4 Å². The maximum Gasteiger partial charge on any atom is 0.410 e. The average Bonchev–Trinajstić information content (AvgIpc) is 2.72. The van der Waals surface area contributed by atoms with Crippen molar-refractivity contribution >= 4 is 11.8 Å². The van der Waals surface area contributed by atoms with Crippen LogP contribution in [-0.2, 0) is 11.3 Å². The van der Waals surface area contributed by atoms with E-state index in [1.165, 1.54) is 0 Å². The molecule has 1 saturated heterocycles. The third-order valence-corrected chi connectivity index (χ3v) is 4.48. The monoisotopic (exact) mass is 406 g/mol. The number of ether oxygens (including phenoxy) is 1. The van der Waals surface area contributed by atoms with Gasteiger partial charge in [0.1, 0.15) is 29.5 Å². The second-order valence-electron chi connectivity index (χ2n) is 8.05. The molecule has 1 aromatic carbocycles. The van der Waals surface area contributed by atoms with E-state index in [9.17, 15) is 4.79 Å². The van der Waals surface area contributed by atoms with Gasteiger partial charge in [0.15, 0.2) is 5.57 Å². The zero-order valence-electron chi connectivity index (χ0n) is 17.5. The number of piperidine rings is 1. The van der Waals surface area contributed by atoms with Crippen molar-refractivity contribution in [1.82, 2.24) is 10.2 Å². The molecule has 2 N–H and O–H groups in total. The van der Waals surface area contributed by atoms with E-state index >= 15 is 0 Å². The van der Waals surface area contributed by atoms with Gasteiger partial charge in [-0.2, -0.15) is 15.8 Å². The molecule has 1 amide bonds. The third kappa shape index (κ3) is 6.81. The number of carbonyl (C=O) groups is 1. The van der Waals surface area contributed by atoms with Gasteiger partial charge >= 0.3 is 6.09 Å². The molecule has 1 aliphatic heterocycles.